The first-order chi connectivity index (χ1) is 27.3. The SMILES string of the molecule is CC(C)(C)OC(=O)NCCCO.NCCCOc1ccc(Cl)cc1C(=O)Nc1ccc([N+](=O)[O-])cc1Cl.O=C(Nc1ccc([N+](=O)[O-])cc1Cl)c1cc(Cl)ccc1O. The molecule has 4 aromatic rings. The summed E-state index contributed by atoms with van der Waals surface area (Å²) >= 11 is 23.6. The molecule has 0 fully saturated rings. The molecule has 312 valence electrons. The van der Waals surface area contributed by atoms with E-state index in [1.54, 1.807) is 32.9 Å². The Morgan fingerprint density at radius 3 is 1.72 bits per heavy atom. The molecule has 7 N–H and O–H groups in total. The Morgan fingerprint density at radius 1 is 0.759 bits per heavy atom. The van der Waals surface area contributed by atoms with Gasteiger partial charge in [0.05, 0.1) is 49.0 Å². The number of carbonyl (C=O) groups excluding carboxylic acids is 3. The number of carbonyl (C=O) groups is 3. The van der Waals surface area contributed by atoms with Crippen LogP contribution >= 0.6 is 46.4 Å². The number of amides is 3. The number of non-ortho nitro benzene ring substituents is 2. The van der Waals surface area contributed by atoms with Gasteiger partial charge in [-0.15, -0.1) is 0 Å². The molecule has 0 saturated carbocycles. The number of nitrogens with one attached hydrogen (secondary N) is 3. The number of anilines is 2. The number of benzene rings is 4. The first kappa shape index (κ1) is 48.7. The molecular formula is C37H40Cl4N6O11. The number of alkyl carbamates (subject to hydrolysis) is 1. The van der Waals surface area contributed by atoms with Crippen LogP contribution in [0.4, 0.5) is 27.5 Å². The predicted octanol–water partition coefficient (Wildman–Crippen LogP) is 8.63. The summed E-state index contributed by atoms with van der Waals surface area (Å²) in [6, 6.07) is 16.1. The van der Waals surface area contributed by atoms with E-state index in [-0.39, 0.29) is 61.3 Å². The van der Waals surface area contributed by atoms with Crippen LogP contribution in [0.15, 0.2) is 72.8 Å². The number of ether oxygens (including phenoxy) is 2. The number of rotatable bonds is 13. The first-order valence-corrected chi connectivity index (χ1v) is 18.5. The van der Waals surface area contributed by atoms with Crippen molar-refractivity contribution in [2.24, 2.45) is 5.73 Å². The minimum Gasteiger partial charge on any atom is -0.507 e. The molecule has 0 aliphatic rings. The third-order valence-corrected chi connectivity index (χ3v) is 7.92. The van der Waals surface area contributed by atoms with E-state index in [1.165, 1.54) is 48.5 Å². The smallest absolute Gasteiger partial charge is 0.407 e. The van der Waals surface area contributed by atoms with Gasteiger partial charge in [-0.2, -0.15) is 0 Å². The number of phenolic OH excluding ortho intramolecular Hbond substituents is 1. The van der Waals surface area contributed by atoms with Gasteiger partial charge >= 0.3 is 6.09 Å². The standard InChI is InChI=1S/C16H15Cl2N3O4.C13H8Cl2N2O4.C8H17NO3/c17-10-2-5-15(25-7-1-6-19)12(8-10)16(22)20-14-4-3-11(21(23)24)9-13(14)18;14-7-1-4-12(18)9(5-7)13(19)16-11-3-2-8(17(20)21)6-10(11)15;1-8(2,3)12-7(11)9-5-4-6-10/h2-5,8-9H,1,6-7,19H2,(H,20,22);1-6,18H,(H,16,19);10H,4-6H2,1-3H3,(H,9,11). The van der Waals surface area contributed by atoms with Gasteiger partial charge in [0.1, 0.15) is 17.1 Å². The highest BCUT2D eigenvalue weighted by Crippen LogP contribution is 2.30. The van der Waals surface area contributed by atoms with Gasteiger partial charge in [-0.3, -0.25) is 29.8 Å². The van der Waals surface area contributed by atoms with Gasteiger partial charge < -0.3 is 41.4 Å². The van der Waals surface area contributed by atoms with Crippen molar-refractivity contribution in [1.29, 1.82) is 0 Å². The van der Waals surface area contributed by atoms with Crippen LogP contribution in [0.1, 0.15) is 54.3 Å². The number of aromatic hydroxyl groups is 1. The number of nitro groups is 2. The second kappa shape index (κ2) is 23.7. The van der Waals surface area contributed by atoms with E-state index >= 15 is 0 Å². The zero-order valence-corrected chi connectivity index (χ0v) is 34.2. The Morgan fingerprint density at radius 2 is 1.26 bits per heavy atom. The van der Waals surface area contributed by atoms with Crippen molar-refractivity contribution >= 4 is 87.1 Å². The maximum Gasteiger partial charge on any atom is 0.407 e. The molecular weight excluding hydrogens is 846 g/mol. The van der Waals surface area contributed by atoms with Crippen LogP contribution in [-0.2, 0) is 4.74 Å². The number of nitrogens with zero attached hydrogens (tertiary/aromatic N) is 2. The lowest BCUT2D eigenvalue weighted by atomic mass is 10.1. The van der Waals surface area contributed by atoms with E-state index < -0.39 is 33.4 Å². The van der Waals surface area contributed by atoms with Crippen LogP contribution in [-0.4, -0.2) is 69.9 Å². The minimum absolute atomic E-state index is 0.0130. The predicted molar refractivity (Wildman–Crippen MR) is 222 cm³/mol. The fourth-order valence-electron chi connectivity index (χ4n) is 4.16. The zero-order valence-electron chi connectivity index (χ0n) is 31.2. The van der Waals surface area contributed by atoms with E-state index in [4.69, 9.17) is 66.7 Å². The summed E-state index contributed by atoms with van der Waals surface area (Å²) < 4.78 is 10.5. The second-order valence-electron chi connectivity index (χ2n) is 12.5. The van der Waals surface area contributed by atoms with Crippen molar-refractivity contribution in [2.75, 3.05) is 36.9 Å². The molecule has 17 nitrogen and oxygen atoms in total. The monoisotopic (exact) mass is 884 g/mol. The summed E-state index contributed by atoms with van der Waals surface area (Å²) in [6.45, 7) is 6.77. The molecule has 0 unspecified atom stereocenters. The summed E-state index contributed by atoms with van der Waals surface area (Å²) in [7, 11) is 0. The number of halogens is 4. The lowest BCUT2D eigenvalue weighted by molar-refractivity contribution is -0.385. The van der Waals surface area contributed by atoms with E-state index in [1.807, 2.05) is 0 Å². The Hall–Kier alpha value is -5.43. The highest BCUT2D eigenvalue weighted by Gasteiger charge is 2.18. The molecule has 0 aliphatic carbocycles. The molecule has 3 amide bonds. The number of hydrogen-bond acceptors (Lipinski definition) is 12. The molecule has 0 spiro atoms. The molecule has 0 saturated heterocycles. The summed E-state index contributed by atoms with van der Waals surface area (Å²) in [4.78, 5) is 55.6. The average Bonchev–Trinajstić information content (AvgIpc) is 3.14. The van der Waals surface area contributed by atoms with Crippen LogP contribution in [0.5, 0.6) is 11.5 Å². The molecule has 21 heteroatoms. The number of nitro benzene ring substituents is 2. The fourth-order valence-corrected chi connectivity index (χ4v) is 4.95. The Bertz CT molecular complexity index is 2080. The van der Waals surface area contributed by atoms with Gasteiger partial charge in [-0.05, 0) is 88.7 Å². The third-order valence-electron chi connectivity index (χ3n) is 6.82. The largest absolute Gasteiger partial charge is 0.507 e. The number of aliphatic hydroxyl groups excluding tert-OH is 1. The van der Waals surface area contributed by atoms with Crippen LogP contribution in [0.25, 0.3) is 0 Å². The maximum absolute atomic E-state index is 12.5. The number of nitrogens with two attached hydrogens (primary N) is 1. The van der Waals surface area contributed by atoms with Gasteiger partial charge in [-0.1, -0.05) is 46.4 Å². The lowest BCUT2D eigenvalue weighted by Gasteiger charge is -2.19. The van der Waals surface area contributed by atoms with E-state index in [0.29, 0.717) is 43.3 Å². The molecule has 4 rings (SSSR count). The highest BCUT2D eigenvalue weighted by atomic mass is 35.5. The summed E-state index contributed by atoms with van der Waals surface area (Å²) in [5, 5.41) is 47.7. The molecule has 0 heterocycles. The molecule has 0 aliphatic heterocycles. The van der Waals surface area contributed by atoms with E-state index in [2.05, 4.69) is 16.0 Å². The average molecular weight is 887 g/mol. The van der Waals surface area contributed by atoms with Crippen molar-refractivity contribution < 1.29 is 43.9 Å². The van der Waals surface area contributed by atoms with Crippen molar-refractivity contribution in [1.82, 2.24) is 5.32 Å². The zero-order chi connectivity index (χ0) is 43.6. The topological polar surface area (TPSA) is 259 Å². The number of hydrogen-bond donors (Lipinski definition) is 6. The van der Waals surface area contributed by atoms with Crippen molar-refractivity contribution in [3.63, 3.8) is 0 Å². The molecule has 0 atom stereocenters. The van der Waals surface area contributed by atoms with Crippen LogP contribution in [0, 0.1) is 20.2 Å². The van der Waals surface area contributed by atoms with E-state index in [9.17, 15) is 39.7 Å². The fraction of sp³-hybridized carbons (Fsp3) is 0.270. The van der Waals surface area contributed by atoms with Gasteiger partial charge in [0.25, 0.3) is 23.2 Å². The minimum atomic E-state index is -0.634. The van der Waals surface area contributed by atoms with Gasteiger partial charge in [-0.25, -0.2) is 4.79 Å². The van der Waals surface area contributed by atoms with Crippen molar-refractivity contribution in [3.05, 3.63) is 124 Å². The Labute approximate surface area is 352 Å². The molecule has 58 heavy (non-hydrogen) atoms. The second-order valence-corrected chi connectivity index (χ2v) is 14.2. The van der Waals surface area contributed by atoms with Crippen LogP contribution < -0.4 is 26.4 Å². The Kier molecular flexibility index (Phi) is 19.9. The normalized spacial score (nSPS) is 10.4. The number of aliphatic hydroxyl groups is 1. The maximum atomic E-state index is 12.5. The van der Waals surface area contributed by atoms with Crippen molar-refractivity contribution in [3.8, 4) is 11.5 Å². The van der Waals surface area contributed by atoms with Crippen LogP contribution in [0.3, 0.4) is 0 Å². The van der Waals surface area contributed by atoms with Gasteiger partial charge in [0, 0.05) is 47.5 Å². The summed E-state index contributed by atoms with van der Waals surface area (Å²) in [5.41, 5.74) is 5.23. The van der Waals surface area contributed by atoms with Gasteiger partial charge in [0.15, 0.2) is 0 Å². The highest BCUT2D eigenvalue weighted by molar-refractivity contribution is 6.35. The van der Waals surface area contributed by atoms with Crippen LogP contribution in [0.2, 0.25) is 20.1 Å². The summed E-state index contributed by atoms with van der Waals surface area (Å²) in [6.07, 6.45) is 0.757. The lowest BCUT2D eigenvalue weighted by Crippen LogP contribution is -2.33. The first-order valence-electron chi connectivity index (χ1n) is 17.0. The number of phenols is 1. The molecule has 4 aromatic carbocycles. The molecule has 0 bridgehead atoms. The van der Waals surface area contributed by atoms with Crippen molar-refractivity contribution in [2.45, 2.75) is 39.2 Å². The van der Waals surface area contributed by atoms with Gasteiger partial charge in [0.2, 0.25) is 0 Å². The quantitative estimate of drug-likeness (QED) is 0.0419. The molecule has 0 radical (unpaired) electrons. The summed E-state index contributed by atoms with van der Waals surface area (Å²) in [5.74, 6) is -1.02. The van der Waals surface area contributed by atoms with E-state index in [0.717, 1.165) is 12.1 Å². The third kappa shape index (κ3) is 17.0. The molecule has 0 aromatic heterocycles. The Balaban J connectivity index is 0.000000319.